The van der Waals surface area contributed by atoms with Crippen LogP contribution >= 0.6 is 0 Å². The molecule has 0 aliphatic heterocycles. The molecule has 0 unspecified atom stereocenters. The van der Waals surface area contributed by atoms with E-state index in [4.69, 9.17) is 0 Å². The first kappa shape index (κ1) is 9.72. The lowest BCUT2D eigenvalue weighted by Gasteiger charge is -1.98. The summed E-state index contributed by atoms with van der Waals surface area (Å²) in [6, 6.07) is 14.8. The van der Waals surface area contributed by atoms with Crippen LogP contribution in [0.25, 0.3) is 16.8 Å². The van der Waals surface area contributed by atoms with Crippen LogP contribution in [0.5, 0.6) is 0 Å². The van der Waals surface area contributed by atoms with Crippen molar-refractivity contribution in [3.05, 3.63) is 66.3 Å². The van der Waals surface area contributed by atoms with E-state index in [1.807, 2.05) is 13.0 Å². The van der Waals surface area contributed by atoms with Crippen LogP contribution in [0.1, 0.15) is 12.5 Å². The average Bonchev–Trinajstić information content (AvgIpc) is 2.26. The second kappa shape index (κ2) is 4.14. The standard InChI is InChI=1S/C15H14/c1-12(2)7-8-13-9-10-14-5-3-4-6-15(14)11-13/h3-11H,1H2,2H3/b8-7+. The monoisotopic (exact) mass is 194 g/mol. The fourth-order valence-electron chi connectivity index (χ4n) is 1.55. The highest BCUT2D eigenvalue weighted by Gasteiger charge is 1.92. The molecule has 0 aliphatic rings. The molecule has 0 atom stereocenters. The van der Waals surface area contributed by atoms with Gasteiger partial charge >= 0.3 is 0 Å². The topological polar surface area (TPSA) is 0 Å². The molecule has 0 aliphatic carbocycles. The van der Waals surface area contributed by atoms with Crippen molar-refractivity contribution >= 4 is 16.8 Å². The van der Waals surface area contributed by atoms with E-state index in [2.05, 4.69) is 55.1 Å². The van der Waals surface area contributed by atoms with Gasteiger partial charge in [0.15, 0.2) is 0 Å². The first-order valence-electron chi connectivity index (χ1n) is 5.08. The van der Waals surface area contributed by atoms with E-state index in [9.17, 15) is 0 Å². The minimum absolute atomic E-state index is 1.07. The Labute approximate surface area is 90.6 Å². The highest BCUT2D eigenvalue weighted by Crippen LogP contribution is 2.16. The zero-order valence-corrected chi connectivity index (χ0v) is 8.90. The molecule has 0 spiro atoms. The number of hydrogen-bond acceptors (Lipinski definition) is 0. The Morgan fingerprint density at radius 1 is 1.07 bits per heavy atom. The molecule has 2 aromatic rings. The van der Waals surface area contributed by atoms with Gasteiger partial charge < -0.3 is 0 Å². The maximum absolute atomic E-state index is 3.85. The molecule has 0 fully saturated rings. The summed E-state index contributed by atoms with van der Waals surface area (Å²) in [7, 11) is 0. The number of fused-ring (bicyclic) bond motifs is 1. The van der Waals surface area contributed by atoms with E-state index >= 15 is 0 Å². The van der Waals surface area contributed by atoms with Crippen molar-refractivity contribution < 1.29 is 0 Å². The first-order chi connectivity index (χ1) is 7.25. The third-order valence-corrected chi connectivity index (χ3v) is 2.33. The highest BCUT2D eigenvalue weighted by atomic mass is 14.0. The van der Waals surface area contributed by atoms with Crippen molar-refractivity contribution in [1.29, 1.82) is 0 Å². The van der Waals surface area contributed by atoms with E-state index in [0.29, 0.717) is 0 Å². The Balaban J connectivity index is 2.43. The maximum Gasteiger partial charge on any atom is -0.0178 e. The Kier molecular flexibility index (Phi) is 2.68. The molecule has 0 aromatic heterocycles. The number of hydrogen-bond donors (Lipinski definition) is 0. The van der Waals surface area contributed by atoms with Gasteiger partial charge in [-0.3, -0.25) is 0 Å². The summed E-state index contributed by atoms with van der Waals surface area (Å²) in [5.74, 6) is 0. The summed E-state index contributed by atoms with van der Waals surface area (Å²) in [5.41, 5.74) is 2.29. The van der Waals surface area contributed by atoms with Crippen molar-refractivity contribution in [2.24, 2.45) is 0 Å². The predicted molar refractivity (Wildman–Crippen MR) is 67.8 cm³/mol. The molecule has 2 aromatic carbocycles. The number of benzene rings is 2. The molecule has 0 N–H and O–H groups in total. The van der Waals surface area contributed by atoms with Gasteiger partial charge in [-0.1, -0.05) is 60.7 Å². The van der Waals surface area contributed by atoms with Crippen molar-refractivity contribution in [3.63, 3.8) is 0 Å². The Morgan fingerprint density at radius 3 is 2.53 bits per heavy atom. The predicted octanol–water partition coefficient (Wildman–Crippen LogP) is 4.43. The van der Waals surface area contributed by atoms with E-state index in [-0.39, 0.29) is 0 Å². The number of allylic oxidation sites excluding steroid dienone is 2. The molecule has 0 saturated carbocycles. The molecule has 2 rings (SSSR count). The van der Waals surface area contributed by atoms with Gasteiger partial charge in [0.1, 0.15) is 0 Å². The third kappa shape index (κ3) is 2.35. The fourth-order valence-corrected chi connectivity index (χ4v) is 1.55. The lowest BCUT2D eigenvalue weighted by atomic mass is 10.1. The van der Waals surface area contributed by atoms with Gasteiger partial charge in [-0.25, -0.2) is 0 Å². The molecule has 74 valence electrons. The lowest BCUT2D eigenvalue weighted by Crippen LogP contribution is -1.75. The molecule has 0 bridgehead atoms. The Bertz CT molecular complexity index is 518. The summed E-state index contributed by atoms with van der Waals surface area (Å²) in [6.07, 6.45) is 4.12. The van der Waals surface area contributed by atoms with Crippen LogP contribution in [0.3, 0.4) is 0 Å². The first-order valence-corrected chi connectivity index (χ1v) is 5.08. The van der Waals surface area contributed by atoms with Crippen LogP contribution in [0.4, 0.5) is 0 Å². The van der Waals surface area contributed by atoms with E-state index in [1.54, 1.807) is 0 Å². The van der Waals surface area contributed by atoms with Crippen LogP contribution in [0, 0.1) is 0 Å². The summed E-state index contributed by atoms with van der Waals surface area (Å²) in [6.45, 7) is 5.84. The maximum atomic E-state index is 3.85. The van der Waals surface area contributed by atoms with Crippen LogP contribution in [-0.4, -0.2) is 0 Å². The molecule has 0 nitrogen and oxygen atoms in total. The molecular weight excluding hydrogens is 180 g/mol. The largest absolute Gasteiger partial charge is 0.0961 e. The second-order valence-corrected chi connectivity index (χ2v) is 3.79. The van der Waals surface area contributed by atoms with Gasteiger partial charge in [0.25, 0.3) is 0 Å². The van der Waals surface area contributed by atoms with E-state index < -0.39 is 0 Å². The molecule has 0 heteroatoms. The quantitative estimate of drug-likeness (QED) is 0.620. The van der Waals surface area contributed by atoms with Gasteiger partial charge in [-0.05, 0) is 29.3 Å². The molecule has 0 amide bonds. The minimum Gasteiger partial charge on any atom is -0.0961 e. The van der Waals surface area contributed by atoms with Crippen LogP contribution in [0.2, 0.25) is 0 Å². The van der Waals surface area contributed by atoms with E-state index in [0.717, 1.165) is 5.57 Å². The van der Waals surface area contributed by atoms with Crippen molar-refractivity contribution in [3.8, 4) is 0 Å². The zero-order valence-electron chi connectivity index (χ0n) is 8.90. The third-order valence-electron chi connectivity index (χ3n) is 2.33. The smallest absolute Gasteiger partial charge is 0.0178 e. The van der Waals surface area contributed by atoms with Gasteiger partial charge in [-0.2, -0.15) is 0 Å². The minimum atomic E-state index is 1.07. The summed E-state index contributed by atoms with van der Waals surface area (Å²) in [5, 5.41) is 2.56. The second-order valence-electron chi connectivity index (χ2n) is 3.79. The molecule has 0 heterocycles. The molecule has 15 heavy (non-hydrogen) atoms. The van der Waals surface area contributed by atoms with Gasteiger partial charge in [0.05, 0.1) is 0 Å². The van der Waals surface area contributed by atoms with Crippen LogP contribution in [0.15, 0.2) is 60.7 Å². The summed E-state index contributed by atoms with van der Waals surface area (Å²) >= 11 is 0. The zero-order chi connectivity index (χ0) is 10.7. The van der Waals surface area contributed by atoms with Crippen LogP contribution in [-0.2, 0) is 0 Å². The van der Waals surface area contributed by atoms with E-state index in [1.165, 1.54) is 16.3 Å². The van der Waals surface area contributed by atoms with Gasteiger partial charge in [0, 0.05) is 0 Å². The van der Waals surface area contributed by atoms with Crippen molar-refractivity contribution in [2.45, 2.75) is 6.92 Å². The summed E-state index contributed by atoms with van der Waals surface area (Å²) < 4.78 is 0. The Morgan fingerprint density at radius 2 is 1.80 bits per heavy atom. The average molecular weight is 194 g/mol. The Hall–Kier alpha value is -1.82. The normalized spacial score (nSPS) is 11.0. The SMILES string of the molecule is C=C(C)/C=C/c1ccc2ccccc2c1. The number of rotatable bonds is 2. The van der Waals surface area contributed by atoms with Gasteiger partial charge in [-0.15, -0.1) is 0 Å². The van der Waals surface area contributed by atoms with Gasteiger partial charge in [0.2, 0.25) is 0 Å². The summed E-state index contributed by atoms with van der Waals surface area (Å²) in [4.78, 5) is 0. The van der Waals surface area contributed by atoms with Crippen molar-refractivity contribution in [2.75, 3.05) is 0 Å². The molecule has 0 saturated heterocycles. The molecule has 0 radical (unpaired) electrons. The lowest BCUT2D eigenvalue weighted by molar-refractivity contribution is 1.57. The van der Waals surface area contributed by atoms with Crippen molar-refractivity contribution in [1.82, 2.24) is 0 Å². The molecular formula is C15H14. The fraction of sp³-hybridized carbons (Fsp3) is 0.0667. The van der Waals surface area contributed by atoms with Crippen LogP contribution < -0.4 is 0 Å². The highest BCUT2D eigenvalue weighted by molar-refractivity contribution is 5.84.